The van der Waals surface area contributed by atoms with Crippen LogP contribution in [0.2, 0.25) is 0 Å². The summed E-state index contributed by atoms with van der Waals surface area (Å²) in [6, 6.07) is 10.0. The number of nitrogens with zero attached hydrogens (tertiary/aromatic N) is 1. The highest BCUT2D eigenvalue weighted by atomic mass is 16.6. The van der Waals surface area contributed by atoms with Gasteiger partial charge in [-0.15, -0.1) is 0 Å². The Hall–Kier alpha value is -1.81. The Morgan fingerprint density at radius 1 is 1.33 bits per heavy atom. The van der Waals surface area contributed by atoms with Crippen LogP contribution in [0.4, 0.5) is 4.79 Å². The van der Waals surface area contributed by atoms with Crippen LogP contribution in [0.5, 0.6) is 0 Å². The topological polar surface area (TPSA) is 38.8 Å². The van der Waals surface area contributed by atoms with Crippen LogP contribution in [0, 0.1) is 0 Å². The van der Waals surface area contributed by atoms with Crippen LogP contribution in [0.15, 0.2) is 42.5 Å². The second kappa shape index (κ2) is 6.25. The van der Waals surface area contributed by atoms with Crippen molar-refractivity contribution in [2.45, 2.75) is 57.3 Å². The summed E-state index contributed by atoms with van der Waals surface area (Å²) in [5.74, 6) is 0. The van der Waals surface area contributed by atoms with Crippen molar-refractivity contribution in [2.24, 2.45) is 0 Å². The SMILES string of the molecule is C=C1CO[C@]2(CCCN(C(=O)OC(C)(C)C)C2c2ccccc2)C1. The molecule has 0 aliphatic carbocycles. The maximum absolute atomic E-state index is 12.8. The van der Waals surface area contributed by atoms with Crippen molar-refractivity contribution < 1.29 is 14.3 Å². The van der Waals surface area contributed by atoms with Crippen molar-refractivity contribution in [1.82, 2.24) is 4.90 Å². The summed E-state index contributed by atoms with van der Waals surface area (Å²) in [6.45, 7) is 11.1. The van der Waals surface area contributed by atoms with Crippen LogP contribution in [0.3, 0.4) is 0 Å². The Bertz CT molecular complexity index is 620. The van der Waals surface area contributed by atoms with Gasteiger partial charge in [0, 0.05) is 13.0 Å². The van der Waals surface area contributed by atoms with Crippen molar-refractivity contribution in [3.05, 3.63) is 48.0 Å². The molecule has 2 atom stereocenters. The van der Waals surface area contributed by atoms with Crippen molar-refractivity contribution in [3.8, 4) is 0 Å². The van der Waals surface area contributed by atoms with E-state index in [0.29, 0.717) is 13.2 Å². The lowest BCUT2D eigenvalue weighted by Crippen LogP contribution is -2.53. The molecular weight excluding hydrogens is 302 g/mol. The zero-order valence-electron chi connectivity index (χ0n) is 14.9. The molecule has 1 spiro atoms. The highest BCUT2D eigenvalue weighted by molar-refractivity contribution is 5.69. The van der Waals surface area contributed by atoms with Gasteiger partial charge in [-0.05, 0) is 44.7 Å². The first kappa shape index (κ1) is 17.0. The summed E-state index contributed by atoms with van der Waals surface area (Å²) in [5, 5.41) is 0. The van der Waals surface area contributed by atoms with Gasteiger partial charge in [0.15, 0.2) is 0 Å². The van der Waals surface area contributed by atoms with Gasteiger partial charge in [-0.25, -0.2) is 4.79 Å². The van der Waals surface area contributed by atoms with Gasteiger partial charge in [-0.1, -0.05) is 36.9 Å². The predicted molar refractivity (Wildman–Crippen MR) is 93.8 cm³/mol. The maximum Gasteiger partial charge on any atom is 0.410 e. The summed E-state index contributed by atoms with van der Waals surface area (Å²) in [6.07, 6.45) is 2.38. The number of rotatable bonds is 1. The summed E-state index contributed by atoms with van der Waals surface area (Å²) in [4.78, 5) is 14.7. The average molecular weight is 329 g/mol. The monoisotopic (exact) mass is 329 g/mol. The van der Waals surface area contributed by atoms with Crippen molar-refractivity contribution in [2.75, 3.05) is 13.2 Å². The molecule has 1 aromatic carbocycles. The second-order valence-corrected chi connectivity index (χ2v) is 7.87. The number of likely N-dealkylation sites (tertiary alicyclic amines) is 1. The first-order valence-electron chi connectivity index (χ1n) is 8.66. The number of carbonyl (C=O) groups is 1. The molecule has 1 aromatic rings. The molecule has 1 amide bonds. The van der Waals surface area contributed by atoms with Crippen LogP contribution in [-0.2, 0) is 9.47 Å². The second-order valence-electron chi connectivity index (χ2n) is 7.87. The average Bonchev–Trinajstić information content (AvgIpc) is 2.87. The molecular formula is C20H27NO3. The molecule has 3 rings (SSSR count). The van der Waals surface area contributed by atoms with Gasteiger partial charge in [0.25, 0.3) is 0 Å². The number of ether oxygens (including phenoxy) is 2. The molecule has 24 heavy (non-hydrogen) atoms. The lowest BCUT2D eigenvalue weighted by molar-refractivity contribution is -0.0980. The molecule has 2 heterocycles. The highest BCUT2D eigenvalue weighted by Gasteiger charge is 2.51. The Balaban J connectivity index is 1.97. The Morgan fingerprint density at radius 3 is 2.62 bits per heavy atom. The van der Waals surface area contributed by atoms with Gasteiger partial charge < -0.3 is 9.47 Å². The molecule has 4 heteroatoms. The van der Waals surface area contributed by atoms with Crippen molar-refractivity contribution >= 4 is 6.09 Å². The molecule has 0 N–H and O–H groups in total. The van der Waals surface area contributed by atoms with Crippen molar-refractivity contribution in [1.29, 1.82) is 0 Å². The van der Waals surface area contributed by atoms with Crippen LogP contribution in [-0.4, -0.2) is 35.3 Å². The zero-order chi connectivity index (χ0) is 17.4. The third kappa shape index (κ3) is 3.34. The van der Waals surface area contributed by atoms with Gasteiger partial charge in [-0.3, -0.25) is 4.90 Å². The van der Waals surface area contributed by atoms with Gasteiger partial charge in [0.05, 0.1) is 18.2 Å². The lowest BCUT2D eigenvalue weighted by Gasteiger charge is -2.47. The summed E-state index contributed by atoms with van der Waals surface area (Å²) in [7, 11) is 0. The van der Waals surface area contributed by atoms with E-state index in [4.69, 9.17) is 9.47 Å². The number of benzene rings is 1. The van der Waals surface area contributed by atoms with E-state index in [1.807, 2.05) is 43.9 Å². The largest absolute Gasteiger partial charge is 0.444 e. The Labute approximate surface area is 144 Å². The normalized spacial score (nSPS) is 27.5. The van der Waals surface area contributed by atoms with Crippen LogP contribution >= 0.6 is 0 Å². The minimum Gasteiger partial charge on any atom is -0.444 e. The van der Waals surface area contributed by atoms with Crippen LogP contribution < -0.4 is 0 Å². The molecule has 4 nitrogen and oxygen atoms in total. The standard InChI is InChI=1S/C20H27NO3/c1-15-13-20(23-14-15)11-8-12-21(18(22)24-19(2,3)4)17(20)16-9-6-5-7-10-16/h5-7,9-10,17H,1,8,11-14H2,2-4H3/t17?,20-/m1/s1. The van der Waals surface area contributed by atoms with E-state index in [-0.39, 0.29) is 17.7 Å². The van der Waals surface area contributed by atoms with E-state index in [2.05, 4.69) is 18.7 Å². The fraction of sp³-hybridized carbons (Fsp3) is 0.550. The summed E-state index contributed by atoms with van der Waals surface area (Å²) < 4.78 is 11.9. The fourth-order valence-electron chi connectivity index (χ4n) is 3.84. The Morgan fingerprint density at radius 2 is 2.04 bits per heavy atom. The molecule has 2 fully saturated rings. The van der Waals surface area contributed by atoms with E-state index in [1.165, 1.54) is 0 Å². The lowest BCUT2D eigenvalue weighted by atomic mass is 9.78. The third-order valence-electron chi connectivity index (χ3n) is 4.67. The molecule has 0 aromatic heterocycles. The molecule has 1 unspecified atom stereocenters. The maximum atomic E-state index is 12.8. The van der Waals surface area contributed by atoms with Gasteiger partial charge >= 0.3 is 6.09 Å². The van der Waals surface area contributed by atoms with E-state index < -0.39 is 5.60 Å². The number of piperidine rings is 1. The summed E-state index contributed by atoms with van der Waals surface area (Å²) in [5.41, 5.74) is 1.30. The highest BCUT2D eigenvalue weighted by Crippen LogP contribution is 2.48. The van der Waals surface area contributed by atoms with E-state index >= 15 is 0 Å². The molecule has 2 saturated heterocycles. The minimum atomic E-state index is -0.511. The number of hydrogen-bond donors (Lipinski definition) is 0. The number of amides is 1. The van der Waals surface area contributed by atoms with Crippen molar-refractivity contribution in [3.63, 3.8) is 0 Å². The molecule has 2 aliphatic rings. The van der Waals surface area contributed by atoms with Crippen LogP contribution in [0.25, 0.3) is 0 Å². The predicted octanol–water partition coefficient (Wildman–Crippen LogP) is 4.47. The number of carbonyl (C=O) groups excluding carboxylic acids is 1. The number of hydrogen-bond acceptors (Lipinski definition) is 3. The quantitative estimate of drug-likeness (QED) is 0.713. The first-order valence-corrected chi connectivity index (χ1v) is 8.66. The Kier molecular flexibility index (Phi) is 4.43. The molecule has 0 bridgehead atoms. The first-order chi connectivity index (χ1) is 11.3. The summed E-state index contributed by atoms with van der Waals surface area (Å²) >= 11 is 0. The van der Waals surface area contributed by atoms with Gasteiger partial charge in [-0.2, -0.15) is 0 Å². The van der Waals surface area contributed by atoms with Crippen LogP contribution in [0.1, 0.15) is 51.6 Å². The smallest absolute Gasteiger partial charge is 0.410 e. The molecule has 130 valence electrons. The molecule has 0 radical (unpaired) electrons. The third-order valence-corrected chi connectivity index (χ3v) is 4.67. The minimum absolute atomic E-state index is 0.137. The fourth-order valence-corrected chi connectivity index (χ4v) is 3.84. The van der Waals surface area contributed by atoms with E-state index in [1.54, 1.807) is 0 Å². The zero-order valence-corrected chi connectivity index (χ0v) is 14.9. The van der Waals surface area contributed by atoms with E-state index in [9.17, 15) is 4.79 Å². The molecule has 2 aliphatic heterocycles. The van der Waals surface area contributed by atoms with Gasteiger partial charge in [0.1, 0.15) is 5.60 Å². The van der Waals surface area contributed by atoms with Gasteiger partial charge in [0.2, 0.25) is 0 Å². The van der Waals surface area contributed by atoms with E-state index in [0.717, 1.165) is 30.4 Å². The molecule has 0 saturated carbocycles.